The van der Waals surface area contributed by atoms with Crippen molar-refractivity contribution >= 4 is 16.7 Å². The van der Waals surface area contributed by atoms with Crippen LogP contribution in [0.4, 0.5) is 0 Å². The molecule has 0 saturated heterocycles. The molecule has 98 valence electrons. The van der Waals surface area contributed by atoms with Gasteiger partial charge in [0.15, 0.2) is 11.2 Å². The minimum absolute atomic E-state index is 0.135. The molecule has 0 atom stereocenters. The Bertz CT molecular complexity index is 788. The van der Waals surface area contributed by atoms with E-state index in [9.17, 15) is 4.79 Å². The number of nitrogens with zero attached hydrogens (tertiary/aromatic N) is 6. The molecule has 0 unspecified atom stereocenters. The molecule has 0 aromatic carbocycles. The quantitative estimate of drug-likeness (QED) is 0.661. The monoisotopic (exact) mass is 258 g/mol. The second-order valence-electron chi connectivity index (χ2n) is 4.65. The summed E-state index contributed by atoms with van der Waals surface area (Å²) in [5, 5.41) is 12.2. The minimum Gasteiger partial charge on any atom is -0.312 e. The lowest BCUT2D eigenvalue weighted by Gasteiger charge is -2.11. The van der Waals surface area contributed by atoms with Crippen molar-refractivity contribution < 1.29 is 0 Å². The van der Waals surface area contributed by atoms with Crippen LogP contribution in [0.15, 0.2) is 29.3 Å². The van der Waals surface area contributed by atoms with Crippen molar-refractivity contribution in [3.8, 4) is 0 Å². The molecule has 0 bridgehead atoms. The molecule has 7 heteroatoms. The van der Waals surface area contributed by atoms with Crippen molar-refractivity contribution in [2.24, 2.45) is 0 Å². The average Bonchev–Trinajstić information content (AvgIpc) is 2.86. The largest absolute Gasteiger partial charge is 0.312 e. The maximum Gasteiger partial charge on any atom is 0.280 e. The van der Waals surface area contributed by atoms with Gasteiger partial charge in [0.25, 0.3) is 5.56 Å². The molecule has 0 aliphatic heterocycles. The summed E-state index contributed by atoms with van der Waals surface area (Å²) in [7, 11) is 3.94. The van der Waals surface area contributed by atoms with Crippen LogP contribution in [0.3, 0.4) is 0 Å². The van der Waals surface area contributed by atoms with E-state index in [2.05, 4.69) is 15.3 Å². The maximum absolute atomic E-state index is 12.3. The van der Waals surface area contributed by atoms with Crippen LogP contribution in [-0.2, 0) is 6.54 Å². The molecule has 0 aliphatic carbocycles. The summed E-state index contributed by atoms with van der Waals surface area (Å²) >= 11 is 0. The smallest absolute Gasteiger partial charge is 0.280 e. The van der Waals surface area contributed by atoms with Crippen LogP contribution >= 0.6 is 0 Å². The molecule has 0 fully saturated rings. The Morgan fingerprint density at radius 1 is 1.26 bits per heavy atom. The number of likely N-dealkylation sites (N-methyl/N-ethyl adjacent to an activating group) is 1. The van der Waals surface area contributed by atoms with Gasteiger partial charge < -0.3 is 9.47 Å². The first-order valence-electron chi connectivity index (χ1n) is 6.01. The molecule has 0 N–H and O–H groups in total. The molecule has 0 aliphatic rings. The number of fused-ring (bicyclic) bond motifs is 3. The Morgan fingerprint density at radius 3 is 2.89 bits per heavy atom. The van der Waals surface area contributed by atoms with Crippen molar-refractivity contribution in [2.45, 2.75) is 6.54 Å². The molecule has 7 nitrogen and oxygen atoms in total. The number of aromatic nitrogens is 5. The van der Waals surface area contributed by atoms with Crippen LogP contribution < -0.4 is 5.56 Å². The first-order chi connectivity index (χ1) is 9.16. The van der Waals surface area contributed by atoms with E-state index in [-0.39, 0.29) is 5.56 Å². The fourth-order valence-electron chi connectivity index (χ4n) is 1.96. The molecule has 19 heavy (non-hydrogen) atoms. The van der Waals surface area contributed by atoms with Gasteiger partial charge >= 0.3 is 0 Å². The molecule has 3 aromatic rings. The van der Waals surface area contributed by atoms with Crippen LogP contribution in [0.2, 0.25) is 0 Å². The van der Waals surface area contributed by atoms with Crippen LogP contribution in [0, 0.1) is 0 Å². The van der Waals surface area contributed by atoms with Gasteiger partial charge in [-0.15, -0.1) is 10.2 Å². The fourth-order valence-corrected chi connectivity index (χ4v) is 1.96. The lowest BCUT2D eigenvalue weighted by Crippen LogP contribution is -2.27. The van der Waals surface area contributed by atoms with Gasteiger partial charge in [-0.05, 0) is 20.2 Å². The van der Waals surface area contributed by atoms with E-state index in [0.29, 0.717) is 23.2 Å². The van der Waals surface area contributed by atoms with Crippen molar-refractivity contribution in [3.05, 3.63) is 34.9 Å². The number of rotatable bonds is 3. The topological polar surface area (TPSA) is 68.3 Å². The zero-order valence-electron chi connectivity index (χ0n) is 10.8. The third-order valence-corrected chi connectivity index (χ3v) is 3.01. The van der Waals surface area contributed by atoms with E-state index in [0.717, 1.165) is 6.54 Å². The number of pyridine rings is 1. The maximum atomic E-state index is 12.3. The third kappa shape index (κ3) is 1.97. The van der Waals surface area contributed by atoms with Crippen LogP contribution in [0.25, 0.3) is 16.7 Å². The highest BCUT2D eigenvalue weighted by atomic mass is 16.1. The summed E-state index contributed by atoms with van der Waals surface area (Å²) in [5.74, 6) is 0. The van der Waals surface area contributed by atoms with E-state index in [1.165, 1.54) is 0 Å². The molecule has 3 aromatic heterocycles. The summed E-state index contributed by atoms with van der Waals surface area (Å²) in [5.41, 5.74) is 1.53. The van der Waals surface area contributed by atoms with Crippen molar-refractivity contribution in [3.63, 3.8) is 0 Å². The van der Waals surface area contributed by atoms with Crippen LogP contribution in [0.5, 0.6) is 0 Å². The lowest BCUT2D eigenvalue weighted by atomic mass is 10.3. The van der Waals surface area contributed by atoms with Crippen LogP contribution in [0.1, 0.15) is 0 Å². The van der Waals surface area contributed by atoms with Crippen molar-refractivity contribution in [2.75, 3.05) is 20.6 Å². The van der Waals surface area contributed by atoms with Gasteiger partial charge in [0.05, 0.1) is 6.20 Å². The summed E-state index contributed by atoms with van der Waals surface area (Å²) in [4.78, 5) is 14.3. The highest BCUT2D eigenvalue weighted by molar-refractivity contribution is 5.74. The van der Waals surface area contributed by atoms with Gasteiger partial charge in [0.1, 0.15) is 5.52 Å². The normalized spacial score (nSPS) is 11.7. The Hall–Kier alpha value is -2.28. The summed E-state index contributed by atoms with van der Waals surface area (Å²) in [6.07, 6.45) is 3.41. The van der Waals surface area contributed by atoms with E-state index in [4.69, 9.17) is 0 Å². The van der Waals surface area contributed by atoms with Crippen LogP contribution in [-0.4, -0.2) is 49.9 Å². The zero-order valence-corrected chi connectivity index (χ0v) is 10.8. The second-order valence-corrected chi connectivity index (χ2v) is 4.65. The summed E-state index contributed by atoms with van der Waals surface area (Å²) < 4.78 is 3.27. The molecule has 0 radical (unpaired) electrons. The lowest BCUT2D eigenvalue weighted by molar-refractivity contribution is 0.381. The Morgan fingerprint density at radius 2 is 2.11 bits per heavy atom. The molecule has 0 amide bonds. The minimum atomic E-state index is -0.135. The molecule has 3 rings (SSSR count). The van der Waals surface area contributed by atoms with Gasteiger partial charge in [-0.25, -0.2) is 4.52 Å². The van der Waals surface area contributed by atoms with E-state index in [1.54, 1.807) is 27.5 Å². The highest BCUT2D eigenvalue weighted by Crippen LogP contribution is 2.07. The SMILES string of the molecule is CN(C)CCn1ccc2c(nnc3ccnn32)c1=O. The number of hydrogen-bond acceptors (Lipinski definition) is 5. The van der Waals surface area contributed by atoms with Gasteiger partial charge in [-0.1, -0.05) is 0 Å². The summed E-state index contributed by atoms with van der Waals surface area (Å²) in [6, 6.07) is 3.60. The summed E-state index contributed by atoms with van der Waals surface area (Å²) in [6.45, 7) is 1.42. The molecule has 0 saturated carbocycles. The van der Waals surface area contributed by atoms with Gasteiger partial charge in [-0.3, -0.25) is 4.79 Å². The first kappa shape index (κ1) is 11.8. The zero-order chi connectivity index (χ0) is 13.4. The Balaban J connectivity index is 2.16. The van der Waals surface area contributed by atoms with Gasteiger partial charge in [0, 0.05) is 25.4 Å². The van der Waals surface area contributed by atoms with E-state index >= 15 is 0 Å². The standard InChI is InChI=1S/C12H14N6O/c1-16(2)7-8-17-6-4-9-11(12(17)19)15-14-10-3-5-13-18(9)10/h3-6H,7-8H2,1-2H3. The number of hydrogen-bond donors (Lipinski definition) is 0. The third-order valence-electron chi connectivity index (χ3n) is 3.01. The van der Waals surface area contributed by atoms with E-state index in [1.807, 2.05) is 25.1 Å². The van der Waals surface area contributed by atoms with Gasteiger partial charge in [-0.2, -0.15) is 5.10 Å². The Labute approximate surface area is 109 Å². The van der Waals surface area contributed by atoms with E-state index < -0.39 is 0 Å². The molecule has 3 heterocycles. The molecular formula is C12H14N6O. The second kappa shape index (κ2) is 4.43. The molecule has 0 spiro atoms. The Kier molecular flexibility index (Phi) is 2.75. The predicted molar refractivity (Wildman–Crippen MR) is 71.1 cm³/mol. The van der Waals surface area contributed by atoms with Crippen molar-refractivity contribution in [1.82, 2.24) is 29.3 Å². The average molecular weight is 258 g/mol. The fraction of sp³-hybridized carbons (Fsp3) is 0.333. The van der Waals surface area contributed by atoms with Crippen molar-refractivity contribution in [1.29, 1.82) is 0 Å². The molecular weight excluding hydrogens is 244 g/mol. The predicted octanol–water partition coefficient (Wildman–Crippen LogP) is 0.000800. The first-order valence-corrected chi connectivity index (χ1v) is 6.01. The van der Waals surface area contributed by atoms with Gasteiger partial charge in [0.2, 0.25) is 0 Å². The highest BCUT2D eigenvalue weighted by Gasteiger charge is 2.09.